The van der Waals surface area contributed by atoms with Crippen LogP contribution in [-0.4, -0.2) is 43.5 Å². The van der Waals surface area contributed by atoms with Gasteiger partial charge in [0.05, 0.1) is 11.8 Å². The summed E-state index contributed by atoms with van der Waals surface area (Å²) in [5, 5.41) is 9.39. The van der Waals surface area contributed by atoms with E-state index in [1.807, 2.05) is 0 Å². The molecule has 2 saturated carbocycles. The lowest BCUT2D eigenvalue weighted by Crippen LogP contribution is -2.49. The number of aliphatic carboxylic acids is 1. The van der Waals surface area contributed by atoms with Gasteiger partial charge in [-0.2, -0.15) is 0 Å². The maximum atomic E-state index is 12.7. The van der Waals surface area contributed by atoms with Gasteiger partial charge in [0.1, 0.15) is 6.04 Å². The van der Waals surface area contributed by atoms with E-state index in [9.17, 15) is 19.5 Å². The number of likely N-dealkylation sites (tertiary alicyclic amines) is 1. The average Bonchev–Trinajstić information content (AvgIpc) is 2.98. The summed E-state index contributed by atoms with van der Waals surface area (Å²) in [7, 11) is 0. The van der Waals surface area contributed by atoms with Gasteiger partial charge in [-0.25, -0.2) is 4.79 Å². The van der Waals surface area contributed by atoms with Crippen molar-refractivity contribution >= 4 is 49.6 Å². The molecule has 3 rings (SSSR count). The monoisotopic (exact) mass is 421 g/mol. The molecule has 2 aliphatic carbocycles. The zero-order chi connectivity index (χ0) is 15.6. The van der Waals surface area contributed by atoms with Crippen LogP contribution in [0, 0.1) is 29.6 Å². The lowest BCUT2D eigenvalue weighted by Gasteiger charge is -2.28. The van der Waals surface area contributed by atoms with Gasteiger partial charge in [0.2, 0.25) is 11.8 Å². The van der Waals surface area contributed by atoms with Crippen LogP contribution < -0.4 is 0 Å². The highest BCUT2D eigenvalue weighted by Crippen LogP contribution is 2.60. The fourth-order valence-corrected chi connectivity index (χ4v) is 6.21. The Labute approximate surface area is 139 Å². The Balaban J connectivity index is 1.96. The number of amides is 2. The maximum absolute atomic E-state index is 12.7. The average molecular weight is 423 g/mol. The molecular weight excluding hydrogens is 406 g/mol. The van der Waals surface area contributed by atoms with E-state index < -0.39 is 12.0 Å². The number of hydrogen-bond acceptors (Lipinski definition) is 3. The first-order chi connectivity index (χ1) is 9.77. The zero-order valence-electron chi connectivity index (χ0n) is 11.7. The van der Waals surface area contributed by atoms with Gasteiger partial charge in [-0.1, -0.05) is 45.7 Å². The summed E-state index contributed by atoms with van der Waals surface area (Å²) in [6, 6.07) is -1.06. The highest BCUT2D eigenvalue weighted by atomic mass is 79.9. The lowest BCUT2D eigenvalue weighted by atomic mass is 9.81. The molecule has 1 aliphatic heterocycles. The molecule has 0 radical (unpaired) electrons. The predicted octanol–water partition coefficient (Wildman–Crippen LogP) is 1.87. The molecule has 2 amide bonds. The number of carboxylic acids is 1. The smallest absolute Gasteiger partial charge is 0.327 e. The van der Waals surface area contributed by atoms with Crippen LogP contribution in [0.15, 0.2) is 0 Å². The van der Waals surface area contributed by atoms with Gasteiger partial charge in [0.15, 0.2) is 0 Å². The van der Waals surface area contributed by atoms with Gasteiger partial charge in [-0.05, 0) is 24.2 Å². The van der Waals surface area contributed by atoms with E-state index in [0.29, 0.717) is 0 Å². The van der Waals surface area contributed by atoms with Crippen molar-refractivity contribution in [3.05, 3.63) is 0 Å². The first-order valence-corrected chi connectivity index (χ1v) is 8.98. The SMILES string of the molecule is CC(C)[C@H](C(=O)O)N1C(=O)[C@@H]2[C@H]3C[C@@H]([C@H](Br)[C@H]3Br)[C@@H]2C1=O. The van der Waals surface area contributed by atoms with E-state index in [2.05, 4.69) is 31.9 Å². The fourth-order valence-electron chi connectivity index (χ4n) is 4.34. The Kier molecular flexibility index (Phi) is 3.72. The topological polar surface area (TPSA) is 74.7 Å². The fraction of sp³-hybridized carbons (Fsp3) is 0.786. The van der Waals surface area contributed by atoms with Crippen LogP contribution in [0.5, 0.6) is 0 Å². The molecule has 0 unspecified atom stereocenters. The predicted molar refractivity (Wildman–Crippen MR) is 82.1 cm³/mol. The van der Waals surface area contributed by atoms with Gasteiger partial charge in [0.25, 0.3) is 0 Å². The van der Waals surface area contributed by atoms with Crippen LogP contribution in [0.1, 0.15) is 20.3 Å². The zero-order valence-corrected chi connectivity index (χ0v) is 14.9. The Morgan fingerprint density at radius 1 is 1.14 bits per heavy atom. The van der Waals surface area contributed by atoms with Crippen LogP contribution in [-0.2, 0) is 14.4 Å². The Morgan fingerprint density at radius 2 is 1.57 bits per heavy atom. The van der Waals surface area contributed by atoms with E-state index >= 15 is 0 Å². The molecule has 0 spiro atoms. The van der Waals surface area contributed by atoms with E-state index in [1.54, 1.807) is 13.8 Å². The quantitative estimate of drug-likeness (QED) is 0.556. The van der Waals surface area contributed by atoms with E-state index in [4.69, 9.17) is 0 Å². The highest BCUT2D eigenvalue weighted by molar-refractivity contribution is 9.12. The number of imide groups is 1. The van der Waals surface area contributed by atoms with Crippen LogP contribution in [0.4, 0.5) is 0 Å². The third kappa shape index (κ3) is 1.96. The Morgan fingerprint density at radius 3 is 1.90 bits per heavy atom. The molecule has 0 aromatic carbocycles. The molecule has 3 aliphatic rings. The summed E-state index contributed by atoms with van der Waals surface area (Å²) in [5.74, 6) is -2.44. The highest BCUT2D eigenvalue weighted by Gasteiger charge is 2.67. The molecule has 1 heterocycles. The minimum atomic E-state index is -1.11. The first-order valence-electron chi connectivity index (χ1n) is 7.15. The standard InChI is InChI=1S/C14H17Br2NO4/c1-4(2)11(14(20)21)17-12(18)7-5-3-6(8(7)13(17)19)10(16)9(5)15/h4-11H,3H2,1-2H3,(H,20,21)/t5-,6-,7-,8+,9+,10+,11-/m1/s1. The van der Waals surface area contributed by atoms with Gasteiger partial charge >= 0.3 is 5.97 Å². The second-order valence-electron chi connectivity index (χ2n) is 6.58. The summed E-state index contributed by atoms with van der Waals surface area (Å²) < 4.78 is 0. The molecule has 21 heavy (non-hydrogen) atoms. The summed E-state index contributed by atoms with van der Waals surface area (Å²) >= 11 is 7.23. The molecule has 116 valence electrons. The molecule has 2 bridgehead atoms. The molecular formula is C14H17Br2NO4. The number of nitrogens with zero attached hydrogens (tertiary/aromatic N) is 1. The number of carboxylic acid groups (broad SMARTS) is 1. The Hall–Kier alpha value is -0.430. The molecule has 5 nitrogen and oxygen atoms in total. The normalized spacial score (nSPS) is 42.8. The molecule has 1 saturated heterocycles. The van der Waals surface area contributed by atoms with Crippen molar-refractivity contribution in [1.29, 1.82) is 0 Å². The first kappa shape index (κ1) is 15.5. The van der Waals surface area contributed by atoms with Gasteiger partial charge in [0, 0.05) is 9.65 Å². The summed E-state index contributed by atoms with van der Waals surface area (Å²) in [5.41, 5.74) is 0. The summed E-state index contributed by atoms with van der Waals surface area (Å²) in [4.78, 5) is 38.2. The van der Waals surface area contributed by atoms with Crippen LogP contribution >= 0.6 is 31.9 Å². The minimum absolute atomic E-state index is 0.118. The number of alkyl halides is 2. The number of halogens is 2. The molecule has 0 aromatic heterocycles. The largest absolute Gasteiger partial charge is 0.480 e. The van der Waals surface area contributed by atoms with E-state index in [1.165, 1.54) is 0 Å². The number of hydrogen-bond donors (Lipinski definition) is 1. The second kappa shape index (κ2) is 5.05. The van der Waals surface area contributed by atoms with Crippen molar-refractivity contribution in [2.45, 2.75) is 36.0 Å². The van der Waals surface area contributed by atoms with Gasteiger partial charge in [-0.15, -0.1) is 0 Å². The van der Waals surface area contributed by atoms with Gasteiger partial charge in [-0.3, -0.25) is 14.5 Å². The summed E-state index contributed by atoms with van der Waals surface area (Å²) in [6.45, 7) is 3.45. The van der Waals surface area contributed by atoms with Crippen LogP contribution in [0.3, 0.4) is 0 Å². The number of rotatable bonds is 3. The maximum Gasteiger partial charge on any atom is 0.327 e. The van der Waals surface area contributed by atoms with Crippen molar-refractivity contribution in [2.24, 2.45) is 29.6 Å². The van der Waals surface area contributed by atoms with E-state index in [0.717, 1.165) is 11.3 Å². The molecule has 1 N–H and O–H groups in total. The molecule has 7 atom stereocenters. The van der Waals surface area contributed by atoms with Crippen molar-refractivity contribution < 1.29 is 19.5 Å². The van der Waals surface area contributed by atoms with Crippen molar-refractivity contribution in [3.63, 3.8) is 0 Å². The van der Waals surface area contributed by atoms with Crippen LogP contribution in [0.2, 0.25) is 0 Å². The number of carbonyl (C=O) groups excluding carboxylic acids is 2. The van der Waals surface area contributed by atoms with Gasteiger partial charge < -0.3 is 5.11 Å². The van der Waals surface area contributed by atoms with Crippen molar-refractivity contribution in [2.75, 3.05) is 0 Å². The minimum Gasteiger partial charge on any atom is -0.480 e. The van der Waals surface area contributed by atoms with Crippen molar-refractivity contribution in [3.8, 4) is 0 Å². The molecule has 3 fully saturated rings. The molecule has 7 heteroatoms. The number of carbonyl (C=O) groups is 3. The third-order valence-corrected chi connectivity index (χ3v) is 8.39. The lowest BCUT2D eigenvalue weighted by molar-refractivity contribution is -0.157. The third-order valence-electron chi connectivity index (χ3n) is 5.18. The Bertz CT molecular complexity index is 491. The number of fused-ring (bicyclic) bond motifs is 5. The molecule has 0 aromatic rings. The summed E-state index contributed by atoms with van der Waals surface area (Å²) in [6.07, 6.45) is 0.853. The van der Waals surface area contributed by atoms with E-state index in [-0.39, 0.29) is 51.1 Å². The van der Waals surface area contributed by atoms with Crippen LogP contribution in [0.25, 0.3) is 0 Å². The second-order valence-corrected chi connectivity index (χ2v) is 8.69. The van der Waals surface area contributed by atoms with Crippen molar-refractivity contribution in [1.82, 2.24) is 4.90 Å².